The molecule has 0 fully saturated rings. The molecule has 122 valence electrons. The van der Waals surface area contributed by atoms with E-state index in [2.05, 4.69) is 26.2 Å². The van der Waals surface area contributed by atoms with Crippen LogP contribution in [0, 0.1) is 5.82 Å². The molecule has 2 aromatic carbocycles. The van der Waals surface area contributed by atoms with Crippen LogP contribution in [0.1, 0.15) is 0 Å². The topological polar surface area (TPSA) is 55.1 Å². The minimum Gasteiger partial charge on any atom is -0.431 e. The SMILES string of the molecule is O=C(CSc1ncc(-c2ccc(Br)cc2)o1)Nc1cccc(F)c1. The lowest BCUT2D eigenvalue weighted by molar-refractivity contribution is -0.113. The zero-order valence-electron chi connectivity index (χ0n) is 12.3. The lowest BCUT2D eigenvalue weighted by Gasteiger charge is -2.03. The van der Waals surface area contributed by atoms with E-state index in [0.29, 0.717) is 16.7 Å². The largest absolute Gasteiger partial charge is 0.431 e. The fourth-order valence-corrected chi connectivity index (χ4v) is 2.83. The molecule has 0 spiro atoms. The first-order chi connectivity index (χ1) is 11.6. The summed E-state index contributed by atoms with van der Waals surface area (Å²) in [6, 6.07) is 13.4. The van der Waals surface area contributed by atoms with Crippen molar-refractivity contribution >= 4 is 39.3 Å². The monoisotopic (exact) mass is 406 g/mol. The van der Waals surface area contributed by atoms with Crippen molar-refractivity contribution in [3.63, 3.8) is 0 Å². The molecule has 0 atom stereocenters. The molecule has 3 aromatic rings. The van der Waals surface area contributed by atoms with Gasteiger partial charge in [0.25, 0.3) is 5.22 Å². The molecule has 1 aromatic heterocycles. The van der Waals surface area contributed by atoms with Crippen molar-refractivity contribution in [2.24, 2.45) is 0 Å². The number of benzene rings is 2. The number of aromatic nitrogens is 1. The van der Waals surface area contributed by atoms with Crippen molar-refractivity contribution in [1.29, 1.82) is 0 Å². The molecule has 0 radical (unpaired) electrons. The van der Waals surface area contributed by atoms with Crippen molar-refractivity contribution in [3.05, 3.63) is 65.0 Å². The maximum atomic E-state index is 13.1. The van der Waals surface area contributed by atoms with E-state index in [4.69, 9.17) is 4.42 Å². The summed E-state index contributed by atoms with van der Waals surface area (Å²) in [6.45, 7) is 0. The first-order valence-corrected chi connectivity index (χ1v) is 8.78. The summed E-state index contributed by atoms with van der Waals surface area (Å²) in [5.74, 6) is 0.105. The Balaban J connectivity index is 1.57. The van der Waals surface area contributed by atoms with Gasteiger partial charge < -0.3 is 9.73 Å². The summed E-state index contributed by atoms with van der Waals surface area (Å²) >= 11 is 4.56. The Morgan fingerprint density at radius 2 is 2.04 bits per heavy atom. The number of carbonyl (C=O) groups is 1. The Morgan fingerprint density at radius 3 is 2.79 bits per heavy atom. The van der Waals surface area contributed by atoms with Gasteiger partial charge in [0.2, 0.25) is 5.91 Å². The molecule has 0 saturated carbocycles. The summed E-state index contributed by atoms with van der Waals surface area (Å²) in [5.41, 5.74) is 1.32. The van der Waals surface area contributed by atoms with E-state index in [1.165, 1.54) is 30.0 Å². The van der Waals surface area contributed by atoms with Crippen molar-refractivity contribution in [3.8, 4) is 11.3 Å². The van der Waals surface area contributed by atoms with Crippen molar-refractivity contribution in [2.45, 2.75) is 5.22 Å². The smallest absolute Gasteiger partial charge is 0.256 e. The molecule has 3 rings (SSSR count). The van der Waals surface area contributed by atoms with E-state index in [9.17, 15) is 9.18 Å². The van der Waals surface area contributed by atoms with Crippen molar-refractivity contribution < 1.29 is 13.6 Å². The first-order valence-electron chi connectivity index (χ1n) is 7.00. The van der Waals surface area contributed by atoms with Crippen LogP contribution in [0.15, 0.2) is 68.8 Å². The maximum absolute atomic E-state index is 13.1. The number of thioether (sulfide) groups is 1. The minimum atomic E-state index is -0.396. The van der Waals surface area contributed by atoms with Crippen LogP contribution in [-0.4, -0.2) is 16.6 Å². The second-order valence-corrected chi connectivity index (χ2v) is 6.69. The molecule has 0 aliphatic heterocycles. The molecule has 0 saturated heterocycles. The van der Waals surface area contributed by atoms with Gasteiger partial charge in [-0.25, -0.2) is 9.37 Å². The molecule has 24 heavy (non-hydrogen) atoms. The van der Waals surface area contributed by atoms with Crippen LogP contribution < -0.4 is 5.32 Å². The van der Waals surface area contributed by atoms with Gasteiger partial charge in [0.1, 0.15) is 5.82 Å². The predicted molar refractivity (Wildman–Crippen MR) is 95.4 cm³/mol. The van der Waals surface area contributed by atoms with Crippen LogP contribution in [0.2, 0.25) is 0 Å². The van der Waals surface area contributed by atoms with Gasteiger partial charge in [-0.1, -0.05) is 45.9 Å². The van der Waals surface area contributed by atoms with Gasteiger partial charge in [-0.05, 0) is 30.3 Å². The van der Waals surface area contributed by atoms with Gasteiger partial charge in [0.15, 0.2) is 5.76 Å². The Morgan fingerprint density at radius 1 is 1.25 bits per heavy atom. The first kappa shape index (κ1) is 16.7. The fraction of sp³-hybridized carbons (Fsp3) is 0.0588. The van der Waals surface area contributed by atoms with Crippen molar-refractivity contribution in [2.75, 3.05) is 11.1 Å². The van der Waals surface area contributed by atoms with Crippen LogP contribution in [0.4, 0.5) is 10.1 Å². The number of hydrogen-bond acceptors (Lipinski definition) is 4. The van der Waals surface area contributed by atoms with Gasteiger partial charge >= 0.3 is 0 Å². The molecular formula is C17H12BrFN2O2S. The number of nitrogens with zero attached hydrogens (tertiary/aromatic N) is 1. The van der Waals surface area contributed by atoms with E-state index in [0.717, 1.165) is 10.0 Å². The molecule has 7 heteroatoms. The standard InChI is InChI=1S/C17H12BrFN2O2S/c18-12-6-4-11(5-7-12)15-9-20-17(23-15)24-10-16(22)21-14-3-1-2-13(19)8-14/h1-9H,10H2,(H,21,22). The number of nitrogens with one attached hydrogen (secondary N) is 1. The zero-order valence-corrected chi connectivity index (χ0v) is 14.7. The molecule has 0 bridgehead atoms. The number of rotatable bonds is 5. The summed E-state index contributed by atoms with van der Waals surface area (Å²) in [5, 5.41) is 3.03. The fourth-order valence-electron chi connectivity index (χ4n) is 1.96. The second kappa shape index (κ2) is 7.63. The number of halogens is 2. The Bertz CT molecular complexity index is 852. The summed E-state index contributed by atoms with van der Waals surface area (Å²) < 4.78 is 19.7. The van der Waals surface area contributed by atoms with Crippen LogP contribution in [0.3, 0.4) is 0 Å². The van der Waals surface area contributed by atoms with Crippen LogP contribution in [0.25, 0.3) is 11.3 Å². The second-order valence-electron chi connectivity index (χ2n) is 4.84. The number of anilines is 1. The van der Waals surface area contributed by atoms with E-state index in [1.807, 2.05) is 24.3 Å². The highest BCUT2D eigenvalue weighted by molar-refractivity contribution is 9.10. The van der Waals surface area contributed by atoms with E-state index in [-0.39, 0.29) is 11.7 Å². The predicted octanol–water partition coefficient (Wildman–Crippen LogP) is 4.97. The maximum Gasteiger partial charge on any atom is 0.256 e. The third kappa shape index (κ3) is 4.46. The highest BCUT2D eigenvalue weighted by Crippen LogP contribution is 2.26. The third-order valence-corrected chi connectivity index (χ3v) is 4.42. The van der Waals surface area contributed by atoms with E-state index >= 15 is 0 Å². The Labute approximate surface area is 150 Å². The lowest BCUT2D eigenvalue weighted by atomic mass is 10.2. The van der Waals surface area contributed by atoms with E-state index < -0.39 is 5.82 Å². The molecular weight excluding hydrogens is 395 g/mol. The van der Waals surface area contributed by atoms with Gasteiger partial charge in [-0.15, -0.1) is 0 Å². The molecule has 4 nitrogen and oxygen atoms in total. The number of amides is 1. The Hall–Kier alpha value is -2.12. The third-order valence-electron chi connectivity index (χ3n) is 3.05. The van der Waals surface area contributed by atoms with Gasteiger partial charge in [-0.3, -0.25) is 4.79 Å². The van der Waals surface area contributed by atoms with Crippen LogP contribution in [0.5, 0.6) is 0 Å². The molecule has 1 amide bonds. The van der Waals surface area contributed by atoms with Crippen molar-refractivity contribution in [1.82, 2.24) is 4.98 Å². The summed E-state index contributed by atoms with van der Waals surface area (Å²) in [6.07, 6.45) is 1.62. The minimum absolute atomic E-state index is 0.122. The average Bonchev–Trinajstić information content (AvgIpc) is 3.03. The molecule has 0 aliphatic rings. The quantitative estimate of drug-likeness (QED) is 0.607. The molecule has 0 aliphatic carbocycles. The van der Waals surface area contributed by atoms with Gasteiger partial charge in [0.05, 0.1) is 11.9 Å². The number of carbonyl (C=O) groups excluding carboxylic acids is 1. The summed E-state index contributed by atoms with van der Waals surface area (Å²) in [7, 11) is 0. The summed E-state index contributed by atoms with van der Waals surface area (Å²) in [4.78, 5) is 16.0. The highest BCUT2D eigenvalue weighted by Gasteiger charge is 2.10. The molecule has 1 N–H and O–H groups in total. The van der Waals surface area contributed by atoms with Gasteiger partial charge in [-0.2, -0.15) is 0 Å². The lowest BCUT2D eigenvalue weighted by Crippen LogP contribution is -2.14. The van der Waals surface area contributed by atoms with Gasteiger partial charge in [0, 0.05) is 15.7 Å². The highest BCUT2D eigenvalue weighted by atomic mass is 79.9. The number of oxazole rings is 1. The van der Waals surface area contributed by atoms with Crippen LogP contribution in [-0.2, 0) is 4.79 Å². The average molecular weight is 407 g/mol. The molecule has 0 unspecified atom stereocenters. The Kier molecular flexibility index (Phi) is 5.32. The zero-order chi connectivity index (χ0) is 16.9. The van der Waals surface area contributed by atoms with Crippen LogP contribution >= 0.6 is 27.7 Å². The normalized spacial score (nSPS) is 10.6. The number of hydrogen-bond donors (Lipinski definition) is 1. The van der Waals surface area contributed by atoms with E-state index in [1.54, 1.807) is 12.3 Å². The molecule has 1 heterocycles.